The zero-order chi connectivity index (χ0) is 34.8. The average molecular weight is 702 g/mol. The van der Waals surface area contributed by atoms with Crippen LogP contribution >= 0.6 is 11.6 Å². The molecule has 0 aliphatic heterocycles. The summed E-state index contributed by atoms with van der Waals surface area (Å²) in [7, 11) is -4.23. The third-order valence-electron chi connectivity index (χ3n) is 8.79. The van der Waals surface area contributed by atoms with E-state index >= 15 is 0 Å². The summed E-state index contributed by atoms with van der Waals surface area (Å²) in [5.41, 5.74) is 2.88. The van der Waals surface area contributed by atoms with Gasteiger partial charge in [0.1, 0.15) is 18.3 Å². The first kappa shape index (κ1) is 36.0. The Morgan fingerprint density at radius 2 is 1.55 bits per heavy atom. The van der Waals surface area contributed by atoms with Gasteiger partial charge < -0.3 is 15.0 Å². The molecule has 10 heteroatoms. The van der Waals surface area contributed by atoms with Crippen molar-refractivity contribution in [2.75, 3.05) is 17.5 Å². The van der Waals surface area contributed by atoms with Crippen molar-refractivity contribution in [1.82, 2.24) is 10.2 Å². The first-order valence-corrected chi connectivity index (χ1v) is 18.7. The number of ether oxygens (including phenoxy) is 1. The Balaban J connectivity index is 1.55. The number of hydrogen-bond donors (Lipinski definition) is 1. The average Bonchev–Trinajstić information content (AvgIpc) is 3.10. The third kappa shape index (κ3) is 9.64. The molecule has 5 rings (SSSR count). The molecular weight excluding hydrogens is 658 g/mol. The van der Waals surface area contributed by atoms with Crippen molar-refractivity contribution in [3.8, 4) is 5.75 Å². The summed E-state index contributed by atoms with van der Waals surface area (Å²) in [6, 6.07) is 29.0. The summed E-state index contributed by atoms with van der Waals surface area (Å²) in [6.07, 6.45) is 5.22. The number of hydrogen-bond acceptors (Lipinski definition) is 5. The first-order chi connectivity index (χ1) is 23.6. The molecule has 258 valence electrons. The second-order valence-electron chi connectivity index (χ2n) is 12.5. The van der Waals surface area contributed by atoms with Gasteiger partial charge in [0.25, 0.3) is 10.0 Å². The van der Waals surface area contributed by atoms with Crippen LogP contribution in [0.2, 0.25) is 5.02 Å². The van der Waals surface area contributed by atoms with Crippen molar-refractivity contribution in [3.63, 3.8) is 0 Å². The quantitative estimate of drug-likeness (QED) is 0.149. The first-order valence-electron chi connectivity index (χ1n) is 16.8. The highest BCUT2D eigenvalue weighted by atomic mass is 35.5. The Hall–Kier alpha value is -4.34. The van der Waals surface area contributed by atoms with Crippen LogP contribution in [0.15, 0.2) is 108 Å². The largest absolute Gasteiger partial charge is 0.494 e. The normalized spacial score (nSPS) is 14.1. The van der Waals surface area contributed by atoms with Crippen molar-refractivity contribution in [2.45, 2.75) is 75.9 Å². The molecule has 4 aromatic rings. The maximum absolute atomic E-state index is 14.7. The van der Waals surface area contributed by atoms with Gasteiger partial charge in [-0.1, -0.05) is 91.0 Å². The number of carbonyl (C=O) groups is 2. The van der Waals surface area contributed by atoms with Gasteiger partial charge in [-0.2, -0.15) is 0 Å². The van der Waals surface area contributed by atoms with Gasteiger partial charge >= 0.3 is 0 Å². The van der Waals surface area contributed by atoms with Gasteiger partial charge in [0, 0.05) is 24.0 Å². The number of benzene rings is 4. The van der Waals surface area contributed by atoms with Crippen LogP contribution in [-0.4, -0.2) is 50.4 Å². The smallest absolute Gasteiger partial charge is 0.264 e. The van der Waals surface area contributed by atoms with Crippen LogP contribution in [0.25, 0.3) is 0 Å². The van der Waals surface area contributed by atoms with E-state index in [1.807, 2.05) is 50.2 Å². The summed E-state index contributed by atoms with van der Waals surface area (Å²) in [5.74, 6) is -0.239. The molecule has 0 heterocycles. The van der Waals surface area contributed by atoms with Gasteiger partial charge in [-0.25, -0.2) is 8.42 Å². The fourth-order valence-corrected chi connectivity index (χ4v) is 7.80. The molecule has 1 N–H and O–H groups in total. The van der Waals surface area contributed by atoms with E-state index in [1.54, 1.807) is 54.6 Å². The molecule has 1 fully saturated rings. The van der Waals surface area contributed by atoms with Gasteiger partial charge in [0.15, 0.2) is 0 Å². The van der Waals surface area contributed by atoms with Gasteiger partial charge in [-0.05, 0) is 86.3 Å². The number of halogens is 1. The van der Waals surface area contributed by atoms with Gasteiger partial charge in [0.05, 0.1) is 17.2 Å². The van der Waals surface area contributed by atoms with Crippen molar-refractivity contribution < 1.29 is 22.7 Å². The Morgan fingerprint density at radius 3 is 2.20 bits per heavy atom. The zero-order valence-corrected chi connectivity index (χ0v) is 29.6. The predicted octanol–water partition coefficient (Wildman–Crippen LogP) is 7.33. The molecule has 8 nitrogen and oxygen atoms in total. The molecular formula is C39H44ClN3O5S. The molecule has 1 saturated carbocycles. The van der Waals surface area contributed by atoms with E-state index in [0.717, 1.165) is 53.1 Å². The topological polar surface area (TPSA) is 96.0 Å². The molecule has 0 aromatic heterocycles. The summed E-state index contributed by atoms with van der Waals surface area (Å²) < 4.78 is 35.3. The standard InChI is InChI=1S/C39H44ClN3O5S/c1-3-48-35-21-23-36(24-22-35)49(46,47)43(34-19-17-29(2)18-20-34)28-38(44)42(27-31-13-10-14-32(40)25-31)37(26-30-11-6-4-7-12-30)39(45)41-33-15-8-5-9-16-33/h4,6-7,10-14,17-25,33,37H,3,5,8-9,15-16,26-28H2,1-2H3,(H,41,45)/t37-/m0/s1. The van der Waals surface area contributed by atoms with Crippen LogP contribution < -0.4 is 14.4 Å². The number of rotatable bonds is 14. The summed E-state index contributed by atoms with van der Waals surface area (Å²) in [5, 5.41) is 3.73. The lowest BCUT2D eigenvalue weighted by Gasteiger charge is -2.35. The van der Waals surface area contributed by atoms with Crippen LogP contribution in [0, 0.1) is 6.92 Å². The van der Waals surface area contributed by atoms with Crippen LogP contribution in [0.1, 0.15) is 55.7 Å². The van der Waals surface area contributed by atoms with Gasteiger partial charge in [-0.15, -0.1) is 0 Å². The Kier molecular flexibility index (Phi) is 12.4. The van der Waals surface area contributed by atoms with E-state index < -0.39 is 28.5 Å². The Bertz CT molecular complexity index is 1790. The molecule has 1 aliphatic rings. The monoisotopic (exact) mass is 701 g/mol. The highest BCUT2D eigenvalue weighted by molar-refractivity contribution is 7.92. The summed E-state index contributed by atoms with van der Waals surface area (Å²) in [6.45, 7) is 3.73. The Labute approximate surface area is 295 Å². The van der Waals surface area contributed by atoms with Gasteiger partial charge in [0.2, 0.25) is 11.8 Å². The number of aryl methyl sites for hydroxylation is 1. The lowest BCUT2D eigenvalue weighted by Crippen LogP contribution is -2.55. The minimum atomic E-state index is -4.23. The summed E-state index contributed by atoms with van der Waals surface area (Å²) in [4.78, 5) is 30.5. The van der Waals surface area contributed by atoms with Crippen LogP contribution in [-0.2, 0) is 32.6 Å². The zero-order valence-electron chi connectivity index (χ0n) is 28.1. The highest BCUT2D eigenvalue weighted by Gasteiger charge is 2.35. The van der Waals surface area contributed by atoms with E-state index in [0.29, 0.717) is 23.1 Å². The van der Waals surface area contributed by atoms with E-state index in [-0.39, 0.29) is 29.8 Å². The number of nitrogens with one attached hydrogen (secondary N) is 1. The van der Waals surface area contributed by atoms with Crippen molar-refractivity contribution >= 4 is 39.1 Å². The molecule has 1 atom stereocenters. The third-order valence-corrected chi connectivity index (χ3v) is 10.8. The van der Waals surface area contributed by atoms with Crippen LogP contribution in [0.3, 0.4) is 0 Å². The minimum Gasteiger partial charge on any atom is -0.494 e. The molecule has 0 bridgehead atoms. The number of amides is 2. The van der Waals surface area contributed by atoms with Crippen LogP contribution in [0.4, 0.5) is 5.69 Å². The van der Waals surface area contributed by atoms with E-state index in [4.69, 9.17) is 16.3 Å². The molecule has 0 unspecified atom stereocenters. The van der Waals surface area contributed by atoms with Gasteiger partial charge in [-0.3, -0.25) is 13.9 Å². The van der Waals surface area contributed by atoms with Crippen LogP contribution in [0.5, 0.6) is 5.75 Å². The van der Waals surface area contributed by atoms with Crippen molar-refractivity contribution in [3.05, 3.63) is 125 Å². The maximum atomic E-state index is 14.7. The van der Waals surface area contributed by atoms with E-state index in [2.05, 4.69) is 5.32 Å². The predicted molar refractivity (Wildman–Crippen MR) is 194 cm³/mol. The molecule has 2 amide bonds. The maximum Gasteiger partial charge on any atom is 0.264 e. The second-order valence-corrected chi connectivity index (χ2v) is 14.8. The molecule has 0 radical (unpaired) electrons. The Morgan fingerprint density at radius 1 is 0.878 bits per heavy atom. The number of sulfonamides is 1. The van der Waals surface area contributed by atoms with Crippen molar-refractivity contribution in [1.29, 1.82) is 0 Å². The molecule has 49 heavy (non-hydrogen) atoms. The molecule has 0 saturated heterocycles. The summed E-state index contributed by atoms with van der Waals surface area (Å²) >= 11 is 6.37. The van der Waals surface area contributed by atoms with Crippen molar-refractivity contribution in [2.24, 2.45) is 0 Å². The number of anilines is 1. The SMILES string of the molecule is CCOc1ccc(S(=O)(=O)N(CC(=O)N(Cc2cccc(Cl)c2)[C@@H](Cc2ccccc2)C(=O)NC2CCCCC2)c2ccc(C)cc2)cc1. The second kappa shape index (κ2) is 16.9. The molecule has 4 aromatic carbocycles. The number of carbonyl (C=O) groups excluding carboxylic acids is 2. The number of nitrogens with zero attached hydrogens (tertiary/aromatic N) is 2. The minimum absolute atomic E-state index is 0.0154. The fraction of sp³-hybridized carbons (Fsp3) is 0.333. The lowest BCUT2D eigenvalue weighted by atomic mass is 9.94. The lowest BCUT2D eigenvalue weighted by molar-refractivity contribution is -0.140. The van der Waals surface area contributed by atoms with E-state index in [9.17, 15) is 18.0 Å². The molecule has 1 aliphatic carbocycles. The fourth-order valence-electron chi connectivity index (χ4n) is 6.17. The molecule has 0 spiro atoms. The van der Waals surface area contributed by atoms with E-state index in [1.165, 1.54) is 17.0 Å². The highest BCUT2D eigenvalue weighted by Crippen LogP contribution is 2.27.